The number of benzene rings is 6. The quantitative estimate of drug-likeness (QED) is 0.0777. The molecule has 19 heteroatoms. The zero-order chi connectivity index (χ0) is 44.6. The minimum Gasteiger partial charge on any atom is -0.282 e. The SMILES string of the molecule is Cc1nc(Cc2ccc(N=Nc3ccc(N=Nc4ccc(S(=O)(=O)O)cc4)cc3)c(C)c2)nc(Cc2ccc(N=Nc3ccc(N=Nc4ccccc4)cc3S(=O)(=O)O)c(C)c2)n1. The Bertz CT molecular complexity index is 3150. The highest BCUT2D eigenvalue weighted by molar-refractivity contribution is 7.86. The third kappa shape index (κ3) is 12.1. The first kappa shape index (κ1) is 43.6. The van der Waals surface area contributed by atoms with E-state index in [-0.39, 0.29) is 16.3 Å². The van der Waals surface area contributed by atoms with Crippen LogP contribution in [0.4, 0.5) is 45.5 Å². The van der Waals surface area contributed by atoms with Crippen molar-refractivity contribution in [2.24, 2.45) is 40.9 Å². The lowest BCUT2D eigenvalue weighted by atomic mass is 10.1. The average Bonchev–Trinajstić information content (AvgIpc) is 3.24. The van der Waals surface area contributed by atoms with Crippen molar-refractivity contribution in [1.29, 1.82) is 0 Å². The van der Waals surface area contributed by atoms with Gasteiger partial charge < -0.3 is 0 Å². The fourth-order valence-corrected chi connectivity index (χ4v) is 7.19. The van der Waals surface area contributed by atoms with Gasteiger partial charge in [-0.3, -0.25) is 9.11 Å². The molecule has 0 saturated heterocycles. The smallest absolute Gasteiger partial charge is 0.282 e. The summed E-state index contributed by atoms with van der Waals surface area (Å²) < 4.78 is 66.0. The first-order valence-electron chi connectivity index (χ1n) is 19.1. The van der Waals surface area contributed by atoms with Crippen LogP contribution in [0.1, 0.15) is 39.7 Å². The normalized spacial score (nSPS) is 12.3. The molecule has 0 atom stereocenters. The molecule has 0 spiro atoms. The predicted octanol–water partition coefficient (Wildman–Crippen LogP) is 12.1. The van der Waals surface area contributed by atoms with Crippen molar-refractivity contribution in [3.63, 3.8) is 0 Å². The van der Waals surface area contributed by atoms with Crippen LogP contribution in [0.3, 0.4) is 0 Å². The second-order valence-corrected chi connectivity index (χ2v) is 16.9. The van der Waals surface area contributed by atoms with Gasteiger partial charge in [-0.15, -0.1) is 5.11 Å². The van der Waals surface area contributed by atoms with Gasteiger partial charge >= 0.3 is 0 Å². The van der Waals surface area contributed by atoms with Gasteiger partial charge in [0, 0.05) is 12.8 Å². The summed E-state index contributed by atoms with van der Waals surface area (Å²) in [5, 5.41) is 33.6. The van der Waals surface area contributed by atoms with Crippen LogP contribution >= 0.6 is 0 Å². The Morgan fingerprint density at radius 3 is 1.33 bits per heavy atom. The summed E-state index contributed by atoms with van der Waals surface area (Å²) in [6.07, 6.45) is 0.895. The highest BCUT2D eigenvalue weighted by atomic mass is 32.2. The molecule has 0 unspecified atom stereocenters. The third-order valence-electron chi connectivity index (χ3n) is 9.15. The van der Waals surface area contributed by atoms with Crippen molar-refractivity contribution in [3.05, 3.63) is 173 Å². The molecule has 2 N–H and O–H groups in total. The minimum atomic E-state index is -4.65. The van der Waals surface area contributed by atoms with E-state index in [9.17, 15) is 21.4 Å². The molecule has 0 aliphatic heterocycles. The van der Waals surface area contributed by atoms with E-state index in [1.165, 1.54) is 42.5 Å². The molecule has 17 nitrogen and oxygen atoms in total. The number of azo groups is 4. The fraction of sp³-hybridized carbons (Fsp3) is 0.114. The van der Waals surface area contributed by atoms with Gasteiger partial charge in [-0.05, 0) is 134 Å². The van der Waals surface area contributed by atoms with Crippen molar-refractivity contribution in [2.75, 3.05) is 0 Å². The third-order valence-corrected chi connectivity index (χ3v) is 10.9. The number of hydrogen-bond donors (Lipinski definition) is 2. The van der Waals surface area contributed by atoms with E-state index in [1.807, 2.05) is 57.2 Å². The van der Waals surface area contributed by atoms with Gasteiger partial charge in [0.05, 0.1) is 44.7 Å². The van der Waals surface area contributed by atoms with Crippen molar-refractivity contribution in [1.82, 2.24) is 15.0 Å². The summed E-state index contributed by atoms with van der Waals surface area (Å²) in [6, 6.07) is 36.8. The van der Waals surface area contributed by atoms with Crippen molar-refractivity contribution in [3.8, 4) is 0 Å². The zero-order valence-electron chi connectivity index (χ0n) is 33.9. The van der Waals surface area contributed by atoms with Gasteiger partial charge in [0.15, 0.2) is 0 Å². The summed E-state index contributed by atoms with van der Waals surface area (Å²) in [4.78, 5) is 13.2. The molecule has 6 aromatic carbocycles. The van der Waals surface area contributed by atoms with E-state index in [2.05, 4.69) is 50.9 Å². The molecule has 0 amide bonds. The van der Waals surface area contributed by atoms with E-state index in [0.29, 0.717) is 64.4 Å². The van der Waals surface area contributed by atoms with E-state index in [1.54, 1.807) is 54.6 Å². The van der Waals surface area contributed by atoms with Crippen LogP contribution in [0.15, 0.2) is 184 Å². The molecule has 7 aromatic rings. The lowest BCUT2D eigenvalue weighted by molar-refractivity contribution is 0.481. The molecule has 0 saturated carbocycles. The summed E-state index contributed by atoms with van der Waals surface area (Å²) in [7, 11) is -8.93. The minimum absolute atomic E-state index is 0.0549. The monoisotopic (exact) mass is 879 g/mol. The number of aromatic nitrogens is 3. The average molecular weight is 880 g/mol. The van der Waals surface area contributed by atoms with Gasteiger partial charge in [-0.25, -0.2) is 15.0 Å². The second-order valence-electron chi connectivity index (χ2n) is 14.1. The largest absolute Gasteiger partial charge is 0.296 e. The summed E-state index contributed by atoms with van der Waals surface area (Å²) in [6.45, 7) is 5.63. The van der Waals surface area contributed by atoms with Crippen molar-refractivity contribution in [2.45, 2.75) is 43.4 Å². The molecule has 316 valence electrons. The maximum absolute atomic E-state index is 12.2. The molecule has 63 heavy (non-hydrogen) atoms. The molecule has 0 radical (unpaired) electrons. The molecular weight excluding hydrogens is 843 g/mol. The predicted molar refractivity (Wildman–Crippen MR) is 235 cm³/mol. The number of nitrogens with zero attached hydrogens (tertiary/aromatic N) is 11. The van der Waals surface area contributed by atoms with E-state index in [0.717, 1.165) is 22.3 Å². The number of hydrogen-bond acceptors (Lipinski definition) is 15. The Morgan fingerprint density at radius 2 is 0.841 bits per heavy atom. The summed E-state index contributed by atoms with van der Waals surface area (Å²) in [5.41, 5.74) is 7.13. The van der Waals surface area contributed by atoms with Crippen LogP contribution in [0.5, 0.6) is 0 Å². The van der Waals surface area contributed by atoms with E-state index < -0.39 is 25.1 Å². The maximum Gasteiger partial charge on any atom is 0.296 e. The van der Waals surface area contributed by atoms with Gasteiger partial charge in [-0.2, -0.15) is 52.6 Å². The Morgan fingerprint density at radius 1 is 0.429 bits per heavy atom. The Labute approximate surface area is 362 Å². The van der Waals surface area contributed by atoms with Crippen molar-refractivity contribution >= 4 is 65.7 Å². The van der Waals surface area contributed by atoms with Crippen LogP contribution in [0.2, 0.25) is 0 Å². The van der Waals surface area contributed by atoms with Crippen molar-refractivity contribution < 1.29 is 25.9 Å². The molecule has 7 rings (SSSR count). The first-order valence-corrected chi connectivity index (χ1v) is 21.9. The Hall–Kier alpha value is -7.45. The molecule has 1 heterocycles. The lowest BCUT2D eigenvalue weighted by Gasteiger charge is -2.08. The summed E-state index contributed by atoms with van der Waals surface area (Å²) in [5.74, 6) is 1.80. The van der Waals surface area contributed by atoms with E-state index >= 15 is 0 Å². The molecular formula is C44H37N11O6S2. The van der Waals surface area contributed by atoms with Crippen LogP contribution in [-0.4, -0.2) is 40.9 Å². The topological polar surface area (TPSA) is 246 Å². The zero-order valence-corrected chi connectivity index (χ0v) is 35.5. The standard InChI is InChI=1S/C44H37N11O6S2/c1-28-23-31(9-20-39(28)53-51-35-13-11-34(12-14-35)49-50-36-15-18-38(19-16-36)62(56,57)58)25-43-45-30(3)46-44(47-43)26-32-10-21-40(29(2)24-32)54-55-41-22-17-37(27-42(41)63(59,60)61)52-48-33-7-5-4-6-8-33/h4-24,27H,25-26H2,1-3H3,(H,56,57,58)(H,59,60,61). The molecule has 1 aromatic heterocycles. The van der Waals surface area contributed by atoms with Gasteiger partial charge in [0.1, 0.15) is 28.1 Å². The molecule has 0 aliphatic rings. The fourth-order valence-electron chi connectivity index (χ4n) is 6.07. The maximum atomic E-state index is 12.2. The number of rotatable bonds is 14. The molecule has 0 aliphatic carbocycles. The summed E-state index contributed by atoms with van der Waals surface area (Å²) >= 11 is 0. The van der Waals surface area contributed by atoms with Gasteiger partial charge in [-0.1, -0.05) is 42.5 Å². The van der Waals surface area contributed by atoms with Gasteiger partial charge in [0.25, 0.3) is 20.2 Å². The molecule has 0 fully saturated rings. The Kier molecular flexibility index (Phi) is 13.2. The van der Waals surface area contributed by atoms with Gasteiger partial charge in [0.2, 0.25) is 0 Å². The van der Waals surface area contributed by atoms with Crippen LogP contribution in [-0.2, 0) is 33.1 Å². The highest BCUT2D eigenvalue weighted by Crippen LogP contribution is 2.32. The number of aryl methyl sites for hydroxylation is 3. The highest BCUT2D eigenvalue weighted by Gasteiger charge is 2.17. The Balaban J connectivity index is 0.971. The van der Waals surface area contributed by atoms with Crippen LogP contribution < -0.4 is 0 Å². The van der Waals surface area contributed by atoms with Crippen LogP contribution in [0, 0.1) is 20.8 Å². The van der Waals surface area contributed by atoms with E-state index in [4.69, 9.17) is 9.54 Å². The molecule has 0 bridgehead atoms. The lowest BCUT2D eigenvalue weighted by Crippen LogP contribution is -2.07. The second kappa shape index (κ2) is 19.1. The van der Waals surface area contributed by atoms with Crippen LogP contribution in [0.25, 0.3) is 0 Å². The first-order chi connectivity index (χ1) is 30.1.